The molecule has 0 aliphatic carbocycles. The largest absolute Gasteiger partial charge is 0.459 e. The van der Waals surface area contributed by atoms with E-state index < -0.39 is 11.9 Å². The van der Waals surface area contributed by atoms with Gasteiger partial charge >= 0.3 is 5.97 Å². The Labute approximate surface area is 137 Å². The van der Waals surface area contributed by atoms with Gasteiger partial charge in [-0.05, 0) is 31.2 Å². The van der Waals surface area contributed by atoms with Crippen molar-refractivity contribution < 1.29 is 23.3 Å². The lowest BCUT2D eigenvalue weighted by Crippen LogP contribution is -2.15. The summed E-state index contributed by atoms with van der Waals surface area (Å²) in [6, 6.07) is 11.4. The first-order chi connectivity index (χ1) is 11.6. The van der Waals surface area contributed by atoms with Crippen LogP contribution >= 0.6 is 0 Å². The smallest absolute Gasteiger partial charge is 0.340 e. The van der Waals surface area contributed by atoms with Crippen molar-refractivity contribution in [2.45, 2.75) is 13.5 Å². The van der Waals surface area contributed by atoms with Crippen LogP contribution in [0.4, 0.5) is 5.69 Å². The van der Waals surface area contributed by atoms with Crippen LogP contribution in [0.15, 0.2) is 57.7 Å². The summed E-state index contributed by atoms with van der Waals surface area (Å²) in [4.78, 5) is 24.3. The molecule has 0 saturated carbocycles. The maximum atomic E-state index is 12.3. The highest BCUT2D eigenvalue weighted by Gasteiger charge is 2.17. The molecule has 2 aromatic heterocycles. The van der Waals surface area contributed by atoms with E-state index in [0.29, 0.717) is 17.1 Å². The molecule has 3 aromatic rings. The summed E-state index contributed by atoms with van der Waals surface area (Å²) in [5.74, 6) is -0.446. The van der Waals surface area contributed by atoms with Gasteiger partial charge in [-0.3, -0.25) is 4.79 Å². The van der Waals surface area contributed by atoms with E-state index in [4.69, 9.17) is 13.7 Å². The molecule has 1 N–H and O–H groups in total. The van der Waals surface area contributed by atoms with E-state index >= 15 is 0 Å². The van der Waals surface area contributed by atoms with Crippen LogP contribution in [-0.2, 0) is 11.3 Å². The van der Waals surface area contributed by atoms with Crippen LogP contribution in [0, 0.1) is 6.92 Å². The molecule has 122 valence electrons. The second-order valence-electron chi connectivity index (χ2n) is 4.99. The molecule has 7 heteroatoms. The molecule has 0 bridgehead atoms. The molecule has 0 radical (unpaired) electrons. The zero-order chi connectivity index (χ0) is 16.9. The molecule has 3 rings (SSSR count). The molecule has 0 unspecified atom stereocenters. The van der Waals surface area contributed by atoms with Crippen LogP contribution in [0.3, 0.4) is 0 Å². The second-order valence-corrected chi connectivity index (χ2v) is 4.99. The number of carbonyl (C=O) groups is 2. The minimum absolute atomic E-state index is 0.0415. The lowest BCUT2D eigenvalue weighted by atomic mass is 10.1. The summed E-state index contributed by atoms with van der Waals surface area (Å²) in [6.45, 7) is 1.73. The third-order valence-corrected chi connectivity index (χ3v) is 3.16. The lowest BCUT2D eigenvalue weighted by molar-refractivity contribution is 0.0438. The average molecular weight is 326 g/mol. The standard InChI is InChI=1S/C17H14N2O5/c1-11-9-12(24-19-11)10-23-17(21)13-5-2-3-6-14(13)18-16(20)15-7-4-8-22-15/h2-9H,10H2,1H3,(H,18,20). The number of aromatic nitrogens is 1. The van der Waals surface area contributed by atoms with Crippen LogP contribution in [0.1, 0.15) is 32.4 Å². The predicted molar refractivity (Wildman–Crippen MR) is 83.5 cm³/mol. The van der Waals surface area contributed by atoms with Gasteiger partial charge in [0, 0.05) is 6.07 Å². The van der Waals surface area contributed by atoms with Crippen LogP contribution in [0.5, 0.6) is 0 Å². The van der Waals surface area contributed by atoms with Crippen molar-refractivity contribution >= 4 is 17.6 Å². The first-order valence-electron chi connectivity index (χ1n) is 7.16. The highest BCUT2D eigenvalue weighted by atomic mass is 16.5. The SMILES string of the molecule is Cc1cc(COC(=O)c2ccccc2NC(=O)c2ccco2)on1. The van der Waals surface area contributed by atoms with Gasteiger partial charge in [0.25, 0.3) is 5.91 Å². The van der Waals surface area contributed by atoms with Gasteiger partial charge in [-0.2, -0.15) is 0 Å². The monoisotopic (exact) mass is 326 g/mol. The third-order valence-electron chi connectivity index (χ3n) is 3.16. The van der Waals surface area contributed by atoms with Crippen LogP contribution in [-0.4, -0.2) is 17.0 Å². The van der Waals surface area contributed by atoms with E-state index in [1.807, 2.05) is 0 Å². The van der Waals surface area contributed by atoms with Gasteiger partial charge in [0.05, 0.1) is 23.2 Å². The Kier molecular flexibility index (Phi) is 4.42. The number of nitrogens with zero attached hydrogens (tertiary/aromatic N) is 1. The number of carbonyl (C=O) groups excluding carboxylic acids is 2. The van der Waals surface area contributed by atoms with E-state index in [9.17, 15) is 9.59 Å². The van der Waals surface area contributed by atoms with Gasteiger partial charge < -0.3 is 19.0 Å². The van der Waals surface area contributed by atoms with Crippen molar-refractivity contribution in [1.82, 2.24) is 5.16 Å². The molecule has 0 atom stereocenters. The summed E-state index contributed by atoms with van der Waals surface area (Å²) < 4.78 is 15.2. The fraction of sp³-hybridized carbons (Fsp3) is 0.118. The fourth-order valence-corrected chi connectivity index (χ4v) is 2.06. The number of anilines is 1. The number of aryl methyl sites for hydroxylation is 1. The highest BCUT2D eigenvalue weighted by molar-refractivity contribution is 6.06. The van der Waals surface area contributed by atoms with Crippen LogP contribution in [0.25, 0.3) is 0 Å². The topological polar surface area (TPSA) is 94.6 Å². The number of rotatable bonds is 5. The van der Waals surface area contributed by atoms with E-state index in [0.717, 1.165) is 0 Å². The summed E-state index contributed by atoms with van der Waals surface area (Å²) >= 11 is 0. The molecule has 0 fully saturated rings. The number of nitrogens with one attached hydrogen (secondary N) is 1. The minimum Gasteiger partial charge on any atom is -0.459 e. The van der Waals surface area contributed by atoms with Crippen molar-refractivity contribution in [1.29, 1.82) is 0 Å². The van der Waals surface area contributed by atoms with Crippen molar-refractivity contribution in [2.24, 2.45) is 0 Å². The zero-order valence-electron chi connectivity index (χ0n) is 12.8. The molecule has 2 heterocycles. The van der Waals surface area contributed by atoms with Gasteiger partial charge in [-0.1, -0.05) is 17.3 Å². The number of amides is 1. The van der Waals surface area contributed by atoms with Gasteiger partial charge in [0.15, 0.2) is 18.1 Å². The molecule has 24 heavy (non-hydrogen) atoms. The predicted octanol–water partition coefficient (Wildman–Crippen LogP) is 3.19. The van der Waals surface area contributed by atoms with Gasteiger partial charge in [0.2, 0.25) is 0 Å². The first kappa shape index (κ1) is 15.5. The average Bonchev–Trinajstić information content (AvgIpc) is 3.25. The molecule has 0 aliphatic heterocycles. The summed E-state index contributed by atoms with van der Waals surface area (Å²) in [5, 5.41) is 6.35. The number of furan rings is 1. The second kappa shape index (κ2) is 6.82. The number of hydrogen-bond donors (Lipinski definition) is 1. The molecule has 0 spiro atoms. The first-order valence-corrected chi connectivity index (χ1v) is 7.16. The Morgan fingerprint density at radius 1 is 1.21 bits per heavy atom. The Bertz CT molecular complexity index is 852. The lowest BCUT2D eigenvalue weighted by Gasteiger charge is -2.09. The zero-order valence-corrected chi connectivity index (χ0v) is 12.8. The van der Waals surface area contributed by atoms with Crippen LogP contribution in [0.2, 0.25) is 0 Å². The Morgan fingerprint density at radius 2 is 2.04 bits per heavy atom. The van der Waals surface area contributed by atoms with Gasteiger partial charge in [-0.15, -0.1) is 0 Å². The highest BCUT2D eigenvalue weighted by Crippen LogP contribution is 2.18. The van der Waals surface area contributed by atoms with E-state index in [1.165, 1.54) is 12.3 Å². The number of benzene rings is 1. The molecular formula is C17H14N2O5. The van der Waals surface area contributed by atoms with Crippen LogP contribution < -0.4 is 5.32 Å². The minimum atomic E-state index is -0.584. The molecule has 1 aromatic carbocycles. The Balaban J connectivity index is 1.71. The number of ether oxygens (including phenoxy) is 1. The Hall–Kier alpha value is -3.35. The van der Waals surface area contributed by atoms with Gasteiger partial charge in [0.1, 0.15) is 0 Å². The van der Waals surface area contributed by atoms with Crippen molar-refractivity contribution in [3.05, 3.63) is 71.5 Å². The number of esters is 1. The Morgan fingerprint density at radius 3 is 2.75 bits per heavy atom. The summed E-state index contributed by atoms with van der Waals surface area (Å²) in [5.41, 5.74) is 1.26. The molecular weight excluding hydrogens is 312 g/mol. The summed E-state index contributed by atoms with van der Waals surface area (Å²) in [7, 11) is 0. The van der Waals surface area contributed by atoms with E-state index in [1.54, 1.807) is 43.3 Å². The molecule has 1 amide bonds. The normalized spacial score (nSPS) is 10.4. The summed E-state index contributed by atoms with van der Waals surface area (Å²) in [6.07, 6.45) is 1.40. The molecule has 0 aliphatic rings. The van der Waals surface area contributed by atoms with Crippen molar-refractivity contribution in [3.8, 4) is 0 Å². The number of para-hydroxylation sites is 1. The van der Waals surface area contributed by atoms with Crippen molar-refractivity contribution in [2.75, 3.05) is 5.32 Å². The fourth-order valence-electron chi connectivity index (χ4n) is 2.06. The quantitative estimate of drug-likeness (QED) is 0.724. The van der Waals surface area contributed by atoms with Crippen molar-refractivity contribution in [3.63, 3.8) is 0 Å². The van der Waals surface area contributed by atoms with Gasteiger partial charge in [-0.25, -0.2) is 4.79 Å². The van der Waals surface area contributed by atoms with E-state index in [2.05, 4.69) is 10.5 Å². The molecule has 0 saturated heterocycles. The third kappa shape index (κ3) is 3.52. The maximum Gasteiger partial charge on any atom is 0.340 e. The van der Waals surface area contributed by atoms with E-state index in [-0.39, 0.29) is 17.9 Å². The number of hydrogen-bond acceptors (Lipinski definition) is 6. The maximum absolute atomic E-state index is 12.3. The molecule has 7 nitrogen and oxygen atoms in total.